The van der Waals surface area contributed by atoms with Crippen molar-refractivity contribution in [3.05, 3.63) is 24.0 Å². The highest BCUT2D eigenvalue weighted by atomic mass is 32.2. The van der Waals surface area contributed by atoms with Crippen molar-refractivity contribution < 1.29 is 14.3 Å². The Hall–Kier alpha value is -1.27. The summed E-state index contributed by atoms with van der Waals surface area (Å²) in [5, 5.41) is 11.1. The summed E-state index contributed by atoms with van der Waals surface area (Å²) in [7, 11) is 0. The van der Waals surface area contributed by atoms with Crippen LogP contribution < -0.4 is 11.1 Å². The van der Waals surface area contributed by atoms with E-state index in [4.69, 9.17) is 10.8 Å². The van der Waals surface area contributed by atoms with Crippen LogP contribution >= 0.6 is 11.8 Å². The predicted octanol–water partition coefficient (Wildman–Crippen LogP) is 1.85. The topological polar surface area (TPSA) is 75.3 Å². The van der Waals surface area contributed by atoms with Crippen LogP contribution in [-0.4, -0.2) is 28.6 Å². The van der Waals surface area contributed by atoms with Gasteiger partial charge in [-0.3, -0.25) is 4.79 Å². The number of aliphatic hydroxyl groups excluding tert-OH is 1. The highest BCUT2D eigenvalue weighted by molar-refractivity contribution is 8.00. The number of nitrogens with two attached hydrogens (primary N) is 1. The molecule has 1 unspecified atom stereocenters. The monoisotopic (exact) mass is 272 g/mol. The zero-order valence-electron chi connectivity index (χ0n) is 10.1. The van der Waals surface area contributed by atoms with Crippen LogP contribution in [0.15, 0.2) is 18.2 Å². The van der Waals surface area contributed by atoms with Crippen molar-refractivity contribution in [3.8, 4) is 0 Å². The Morgan fingerprint density at radius 2 is 2.33 bits per heavy atom. The van der Waals surface area contributed by atoms with Crippen LogP contribution in [0.5, 0.6) is 0 Å². The molecule has 1 aromatic carbocycles. The van der Waals surface area contributed by atoms with Gasteiger partial charge >= 0.3 is 0 Å². The van der Waals surface area contributed by atoms with Gasteiger partial charge < -0.3 is 16.2 Å². The molecule has 6 heteroatoms. The quantitative estimate of drug-likeness (QED) is 0.545. The second-order valence-corrected chi connectivity index (χ2v) is 5.26. The van der Waals surface area contributed by atoms with Crippen molar-refractivity contribution >= 4 is 29.0 Å². The fraction of sp³-hybridized carbons (Fsp3) is 0.417. The molecule has 0 aliphatic heterocycles. The van der Waals surface area contributed by atoms with Crippen molar-refractivity contribution in [2.45, 2.75) is 18.6 Å². The number of benzene rings is 1. The molecular formula is C12H17FN2O2S. The first-order chi connectivity index (χ1) is 8.54. The van der Waals surface area contributed by atoms with Crippen molar-refractivity contribution in [2.24, 2.45) is 0 Å². The fourth-order valence-electron chi connectivity index (χ4n) is 1.27. The van der Waals surface area contributed by atoms with Crippen molar-refractivity contribution in [2.75, 3.05) is 23.4 Å². The smallest absolute Gasteiger partial charge is 0.237 e. The maximum absolute atomic E-state index is 12.9. The standard InChI is InChI=1S/C12H17FN2O2S/c1-8(18-6-2-5-16)12(17)15-9-3-4-10(13)11(14)7-9/h3-4,7-8,16H,2,5-6,14H2,1H3,(H,15,17). The van der Waals surface area contributed by atoms with Crippen LogP contribution in [0.3, 0.4) is 0 Å². The van der Waals surface area contributed by atoms with Crippen LogP contribution in [0.1, 0.15) is 13.3 Å². The van der Waals surface area contributed by atoms with E-state index in [1.54, 1.807) is 6.92 Å². The molecule has 1 aromatic rings. The molecule has 0 fully saturated rings. The summed E-state index contributed by atoms with van der Waals surface area (Å²) in [5.41, 5.74) is 5.90. The van der Waals surface area contributed by atoms with Crippen molar-refractivity contribution in [1.29, 1.82) is 0 Å². The Bertz CT molecular complexity index is 415. The van der Waals surface area contributed by atoms with E-state index in [-0.39, 0.29) is 23.5 Å². The van der Waals surface area contributed by atoms with Gasteiger partial charge in [-0.15, -0.1) is 11.8 Å². The summed E-state index contributed by atoms with van der Waals surface area (Å²) in [6, 6.07) is 4.07. The number of anilines is 2. The Morgan fingerprint density at radius 3 is 2.94 bits per heavy atom. The van der Waals surface area contributed by atoms with E-state index in [1.165, 1.54) is 30.0 Å². The number of carbonyl (C=O) groups excluding carboxylic acids is 1. The van der Waals surface area contributed by atoms with Gasteiger partial charge in [-0.25, -0.2) is 4.39 Å². The lowest BCUT2D eigenvalue weighted by atomic mass is 10.2. The van der Waals surface area contributed by atoms with E-state index in [0.29, 0.717) is 12.1 Å². The Kier molecular flexibility index (Phi) is 5.94. The molecule has 0 radical (unpaired) electrons. The number of hydrogen-bond donors (Lipinski definition) is 3. The third kappa shape index (κ3) is 4.54. The number of aliphatic hydroxyl groups is 1. The molecular weight excluding hydrogens is 255 g/mol. The van der Waals surface area contributed by atoms with Gasteiger partial charge in [-0.2, -0.15) is 0 Å². The summed E-state index contributed by atoms with van der Waals surface area (Å²) in [4.78, 5) is 11.8. The van der Waals surface area contributed by atoms with E-state index in [0.717, 1.165) is 5.75 Å². The second kappa shape index (κ2) is 7.23. The molecule has 0 aromatic heterocycles. The summed E-state index contributed by atoms with van der Waals surface area (Å²) < 4.78 is 12.9. The first-order valence-electron chi connectivity index (χ1n) is 5.63. The number of nitrogens with one attached hydrogen (secondary N) is 1. The lowest BCUT2D eigenvalue weighted by Crippen LogP contribution is -2.23. The Balaban J connectivity index is 2.50. The molecule has 1 amide bonds. The van der Waals surface area contributed by atoms with Gasteiger partial charge in [-0.05, 0) is 37.3 Å². The van der Waals surface area contributed by atoms with E-state index >= 15 is 0 Å². The van der Waals surface area contributed by atoms with Gasteiger partial charge in [0.2, 0.25) is 5.91 Å². The van der Waals surface area contributed by atoms with E-state index in [2.05, 4.69) is 5.32 Å². The van der Waals surface area contributed by atoms with Crippen LogP contribution in [0.25, 0.3) is 0 Å². The maximum Gasteiger partial charge on any atom is 0.237 e. The zero-order chi connectivity index (χ0) is 13.5. The molecule has 100 valence electrons. The number of halogens is 1. The molecule has 4 N–H and O–H groups in total. The highest BCUT2D eigenvalue weighted by Gasteiger charge is 2.13. The number of thioether (sulfide) groups is 1. The minimum atomic E-state index is -0.502. The number of rotatable bonds is 6. The normalized spacial score (nSPS) is 12.2. The number of nitrogen functional groups attached to an aromatic ring is 1. The minimum Gasteiger partial charge on any atom is -0.396 e. The molecule has 18 heavy (non-hydrogen) atoms. The first-order valence-corrected chi connectivity index (χ1v) is 6.68. The molecule has 0 heterocycles. The van der Waals surface area contributed by atoms with Gasteiger partial charge in [0.1, 0.15) is 5.82 Å². The number of hydrogen-bond acceptors (Lipinski definition) is 4. The fourth-order valence-corrected chi connectivity index (χ4v) is 2.13. The van der Waals surface area contributed by atoms with Gasteiger partial charge in [-0.1, -0.05) is 0 Å². The summed E-state index contributed by atoms with van der Waals surface area (Å²) in [5.74, 6) is 0.0544. The summed E-state index contributed by atoms with van der Waals surface area (Å²) >= 11 is 1.46. The lowest BCUT2D eigenvalue weighted by Gasteiger charge is -2.12. The molecule has 0 saturated carbocycles. The molecule has 4 nitrogen and oxygen atoms in total. The molecule has 1 rings (SSSR count). The minimum absolute atomic E-state index is 0.00777. The first kappa shape index (κ1) is 14.8. The van der Waals surface area contributed by atoms with Gasteiger partial charge in [0, 0.05) is 12.3 Å². The summed E-state index contributed by atoms with van der Waals surface area (Å²) in [6.07, 6.45) is 0.659. The molecule has 0 aliphatic carbocycles. The second-order valence-electron chi connectivity index (χ2n) is 3.82. The van der Waals surface area contributed by atoms with Gasteiger partial charge in [0.25, 0.3) is 0 Å². The van der Waals surface area contributed by atoms with Crippen LogP contribution in [0.4, 0.5) is 15.8 Å². The molecule has 0 aliphatic rings. The third-order valence-electron chi connectivity index (χ3n) is 2.30. The molecule has 0 spiro atoms. The molecule has 0 saturated heterocycles. The van der Waals surface area contributed by atoms with Crippen LogP contribution in [0.2, 0.25) is 0 Å². The van der Waals surface area contributed by atoms with Gasteiger partial charge in [0.05, 0.1) is 10.9 Å². The Labute approximate surface area is 110 Å². The van der Waals surface area contributed by atoms with E-state index in [1.807, 2.05) is 0 Å². The van der Waals surface area contributed by atoms with Crippen molar-refractivity contribution in [3.63, 3.8) is 0 Å². The Morgan fingerprint density at radius 1 is 1.61 bits per heavy atom. The predicted molar refractivity (Wildman–Crippen MR) is 73.1 cm³/mol. The van der Waals surface area contributed by atoms with E-state index in [9.17, 15) is 9.18 Å². The van der Waals surface area contributed by atoms with Crippen LogP contribution in [-0.2, 0) is 4.79 Å². The maximum atomic E-state index is 12.9. The van der Waals surface area contributed by atoms with Gasteiger partial charge in [0.15, 0.2) is 0 Å². The third-order valence-corrected chi connectivity index (χ3v) is 3.54. The average molecular weight is 272 g/mol. The highest BCUT2D eigenvalue weighted by Crippen LogP contribution is 2.18. The SMILES string of the molecule is CC(SCCCO)C(=O)Nc1ccc(F)c(N)c1. The largest absolute Gasteiger partial charge is 0.396 e. The number of carbonyl (C=O) groups is 1. The molecule has 0 bridgehead atoms. The lowest BCUT2D eigenvalue weighted by molar-refractivity contribution is -0.115. The average Bonchev–Trinajstić information content (AvgIpc) is 2.34. The zero-order valence-corrected chi connectivity index (χ0v) is 11.0. The van der Waals surface area contributed by atoms with E-state index < -0.39 is 5.82 Å². The van der Waals surface area contributed by atoms with Crippen molar-refractivity contribution in [1.82, 2.24) is 0 Å². The number of amides is 1. The van der Waals surface area contributed by atoms with Crippen LogP contribution in [0, 0.1) is 5.82 Å². The molecule has 1 atom stereocenters. The summed E-state index contributed by atoms with van der Waals surface area (Å²) in [6.45, 7) is 1.90.